The van der Waals surface area contributed by atoms with Crippen molar-refractivity contribution in [1.82, 2.24) is 0 Å². The maximum atomic E-state index is 13.3. The third kappa shape index (κ3) is 2.83. The Morgan fingerprint density at radius 1 is 1.44 bits per heavy atom. The molecule has 1 aromatic rings. The molecule has 0 bridgehead atoms. The minimum absolute atomic E-state index is 0.133. The lowest BCUT2D eigenvalue weighted by Gasteiger charge is -2.34. The lowest BCUT2D eigenvalue weighted by molar-refractivity contribution is 0.318. The van der Waals surface area contributed by atoms with Crippen molar-refractivity contribution < 1.29 is 4.39 Å². The molecular formula is C15H23FN2. The fraction of sp³-hybridized carbons (Fsp3) is 0.600. The van der Waals surface area contributed by atoms with E-state index in [4.69, 9.17) is 5.73 Å². The molecule has 0 heterocycles. The normalized spacial score (nSPS) is 17.3. The smallest absolute Gasteiger partial charge is 0.123 e. The Balaban J connectivity index is 2.22. The minimum atomic E-state index is -0.203. The monoisotopic (exact) mass is 250 g/mol. The van der Waals surface area contributed by atoms with Crippen LogP contribution in [-0.4, -0.2) is 13.1 Å². The summed E-state index contributed by atoms with van der Waals surface area (Å²) in [4.78, 5) is 2.34. The van der Waals surface area contributed by atoms with E-state index < -0.39 is 0 Å². The van der Waals surface area contributed by atoms with Crippen LogP contribution in [0.4, 0.5) is 10.1 Å². The van der Waals surface area contributed by atoms with Gasteiger partial charge >= 0.3 is 0 Å². The van der Waals surface area contributed by atoms with Crippen LogP contribution in [0.15, 0.2) is 18.2 Å². The molecule has 0 saturated heterocycles. The zero-order valence-corrected chi connectivity index (χ0v) is 11.3. The summed E-state index contributed by atoms with van der Waals surface area (Å²) < 4.78 is 13.3. The van der Waals surface area contributed by atoms with Crippen molar-refractivity contribution in [3.8, 4) is 0 Å². The molecule has 0 spiro atoms. The van der Waals surface area contributed by atoms with Gasteiger partial charge in [-0.05, 0) is 56.4 Å². The van der Waals surface area contributed by atoms with Crippen LogP contribution in [0.25, 0.3) is 0 Å². The highest BCUT2D eigenvalue weighted by Gasteiger charge is 2.22. The quantitative estimate of drug-likeness (QED) is 0.867. The number of benzene rings is 1. The molecule has 3 heteroatoms. The molecular weight excluding hydrogens is 227 g/mol. The number of nitrogens with two attached hydrogens (primary N) is 1. The van der Waals surface area contributed by atoms with Crippen LogP contribution in [0.3, 0.4) is 0 Å². The van der Waals surface area contributed by atoms with E-state index in [9.17, 15) is 4.39 Å². The number of anilines is 1. The Labute approximate surface area is 109 Å². The van der Waals surface area contributed by atoms with Gasteiger partial charge in [-0.25, -0.2) is 4.39 Å². The van der Waals surface area contributed by atoms with Crippen molar-refractivity contribution in [3.05, 3.63) is 29.6 Å². The molecule has 0 aliphatic heterocycles. The SMILES string of the molecule is CCN(CC1CCC1)c1ccc(F)cc1[C@H](C)N. The molecule has 1 aliphatic rings. The summed E-state index contributed by atoms with van der Waals surface area (Å²) in [6, 6.07) is 4.84. The van der Waals surface area contributed by atoms with E-state index in [1.807, 2.05) is 13.0 Å². The first kappa shape index (κ1) is 13.3. The molecule has 1 aliphatic carbocycles. The van der Waals surface area contributed by atoms with Crippen molar-refractivity contribution >= 4 is 5.69 Å². The van der Waals surface area contributed by atoms with Gasteiger partial charge in [0.15, 0.2) is 0 Å². The molecule has 18 heavy (non-hydrogen) atoms. The van der Waals surface area contributed by atoms with Crippen LogP contribution in [0.5, 0.6) is 0 Å². The molecule has 0 unspecified atom stereocenters. The average molecular weight is 250 g/mol. The van der Waals surface area contributed by atoms with E-state index in [1.165, 1.54) is 25.3 Å². The number of rotatable bonds is 5. The van der Waals surface area contributed by atoms with Gasteiger partial charge < -0.3 is 10.6 Å². The molecule has 2 rings (SSSR count). The largest absolute Gasteiger partial charge is 0.371 e. The fourth-order valence-electron chi connectivity index (χ4n) is 2.56. The van der Waals surface area contributed by atoms with Gasteiger partial charge in [0.05, 0.1) is 0 Å². The number of hydrogen-bond donors (Lipinski definition) is 1. The number of nitrogens with zero attached hydrogens (tertiary/aromatic N) is 1. The van der Waals surface area contributed by atoms with E-state index in [1.54, 1.807) is 6.07 Å². The number of hydrogen-bond acceptors (Lipinski definition) is 2. The molecule has 2 nitrogen and oxygen atoms in total. The molecule has 1 saturated carbocycles. The topological polar surface area (TPSA) is 29.3 Å². The second-order valence-electron chi connectivity index (χ2n) is 5.33. The molecule has 0 radical (unpaired) electrons. The van der Waals surface area contributed by atoms with E-state index in [0.29, 0.717) is 0 Å². The van der Waals surface area contributed by atoms with Crippen molar-refractivity contribution in [2.45, 2.75) is 39.2 Å². The van der Waals surface area contributed by atoms with E-state index in [0.717, 1.165) is 30.3 Å². The van der Waals surface area contributed by atoms with Gasteiger partial charge in [-0.3, -0.25) is 0 Å². The Morgan fingerprint density at radius 2 is 2.17 bits per heavy atom. The van der Waals surface area contributed by atoms with Crippen LogP contribution in [0.1, 0.15) is 44.7 Å². The van der Waals surface area contributed by atoms with Gasteiger partial charge in [-0.1, -0.05) is 6.42 Å². The second-order valence-corrected chi connectivity index (χ2v) is 5.33. The molecule has 0 aromatic heterocycles. The fourth-order valence-corrected chi connectivity index (χ4v) is 2.56. The van der Waals surface area contributed by atoms with Crippen molar-refractivity contribution in [3.63, 3.8) is 0 Å². The van der Waals surface area contributed by atoms with Crippen LogP contribution < -0.4 is 10.6 Å². The zero-order chi connectivity index (χ0) is 13.1. The Kier molecular flexibility index (Phi) is 4.23. The van der Waals surface area contributed by atoms with Crippen molar-refractivity contribution in [2.24, 2.45) is 11.7 Å². The Morgan fingerprint density at radius 3 is 2.67 bits per heavy atom. The van der Waals surface area contributed by atoms with E-state index in [2.05, 4.69) is 11.8 Å². The van der Waals surface area contributed by atoms with Gasteiger partial charge in [-0.15, -0.1) is 0 Å². The van der Waals surface area contributed by atoms with Gasteiger partial charge in [0.1, 0.15) is 5.82 Å². The van der Waals surface area contributed by atoms with Gasteiger partial charge in [0.25, 0.3) is 0 Å². The highest BCUT2D eigenvalue weighted by atomic mass is 19.1. The van der Waals surface area contributed by atoms with Crippen LogP contribution in [0.2, 0.25) is 0 Å². The van der Waals surface area contributed by atoms with Crippen LogP contribution in [-0.2, 0) is 0 Å². The highest BCUT2D eigenvalue weighted by molar-refractivity contribution is 5.55. The Bertz CT molecular complexity index is 399. The number of halogens is 1. The predicted octanol–water partition coefficient (Wildman–Crippen LogP) is 3.47. The summed E-state index contributed by atoms with van der Waals surface area (Å²) in [5, 5.41) is 0. The van der Waals surface area contributed by atoms with Gasteiger partial charge in [-0.2, -0.15) is 0 Å². The maximum absolute atomic E-state index is 13.3. The van der Waals surface area contributed by atoms with Gasteiger partial charge in [0, 0.05) is 24.8 Å². The Hall–Kier alpha value is -1.09. The lowest BCUT2D eigenvalue weighted by Crippen LogP contribution is -2.33. The average Bonchev–Trinajstić information content (AvgIpc) is 2.28. The molecule has 1 atom stereocenters. The summed E-state index contributed by atoms with van der Waals surface area (Å²) in [5.41, 5.74) is 7.97. The van der Waals surface area contributed by atoms with Gasteiger partial charge in [0.2, 0.25) is 0 Å². The second kappa shape index (κ2) is 5.70. The van der Waals surface area contributed by atoms with Crippen molar-refractivity contribution in [1.29, 1.82) is 0 Å². The first-order chi connectivity index (χ1) is 8.61. The zero-order valence-electron chi connectivity index (χ0n) is 11.3. The van der Waals surface area contributed by atoms with Crippen LogP contribution >= 0.6 is 0 Å². The standard InChI is InChI=1S/C15H23FN2/c1-3-18(10-12-5-4-6-12)15-8-7-13(16)9-14(15)11(2)17/h7-9,11-12H,3-6,10,17H2,1-2H3/t11-/m0/s1. The first-order valence-electron chi connectivity index (χ1n) is 6.91. The predicted molar refractivity (Wildman–Crippen MR) is 74.2 cm³/mol. The molecule has 1 fully saturated rings. The van der Waals surface area contributed by atoms with Crippen molar-refractivity contribution in [2.75, 3.05) is 18.0 Å². The summed E-state index contributed by atoms with van der Waals surface area (Å²) in [5.74, 6) is 0.599. The van der Waals surface area contributed by atoms with E-state index >= 15 is 0 Å². The third-order valence-corrected chi connectivity index (χ3v) is 3.91. The first-order valence-corrected chi connectivity index (χ1v) is 6.91. The summed E-state index contributed by atoms with van der Waals surface area (Å²) in [6.07, 6.45) is 4.00. The highest BCUT2D eigenvalue weighted by Crippen LogP contribution is 2.31. The van der Waals surface area contributed by atoms with E-state index in [-0.39, 0.29) is 11.9 Å². The summed E-state index contributed by atoms with van der Waals surface area (Å²) >= 11 is 0. The summed E-state index contributed by atoms with van der Waals surface area (Å²) in [7, 11) is 0. The minimum Gasteiger partial charge on any atom is -0.371 e. The molecule has 0 amide bonds. The summed E-state index contributed by atoms with van der Waals surface area (Å²) in [6.45, 7) is 6.08. The maximum Gasteiger partial charge on any atom is 0.123 e. The van der Waals surface area contributed by atoms with Crippen LogP contribution in [0, 0.1) is 11.7 Å². The molecule has 2 N–H and O–H groups in total. The lowest BCUT2D eigenvalue weighted by atomic mass is 9.85. The third-order valence-electron chi connectivity index (χ3n) is 3.91. The molecule has 100 valence electrons. The molecule has 1 aromatic carbocycles.